The SMILES string of the molecule is CC1CCC1(CNC(C)(C)C)c1cccc(F)c1. The fourth-order valence-corrected chi connectivity index (χ4v) is 2.80. The van der Waals surface area contributed by atoms with Crippen molar-refractivity contribution in [3.63, 3.8) is 0 Å². The van der Waals surface area contributed by atoms with Crippen LogP contribution in [0, 0.1) is 11.7 Å². The third kappa shape index (κ3) is 2.59. The molecule has 0 spiro atoms. The van der Waals surface area contributed by atoms with E-state index in [9.17, 15) is 4.39 Å². The van der Waals surface area contributed by atoms with Crippen molar-refractivity contribution < 1.29 is 4.39 Å². The fourth-order valence-electron chi connectivity index (χ4n) is 2.80. The summed E-state index contributed by atoms with van der Waals surface area (Å²) in [6.45, 7) is 9.74. The molecule has 0 amide bonds. The molecule has 1 N–H and O–H groups in total. The van der Waals surface area contributed by atoms with Gasteiger partial charge in [0.05, 0.1) is 0 Å². The van der Waals surface area contributed by atoms with Gasteiger partial charge in [-0.25, -0.2) is 4.39 Å². The molecule has 1 fully saturated rings. The number of halogens is 1. The van der Waals surface area contributed by atoms with Crippen molar-refractivity contribution in [1.82, 2.24) is 5.32 Å². The van der Waals surface area contributed by atoms with Crippen LogP contribution in [0.1, 0.15) is 46.1 Å². The molecular weight excluding hydrogens is 225 g/mol. The van der Waals surface area contributed by atoms with E-state index in [-0.39, 0.29) is 16.8 Å². The van der Waals surface area contributed by atoms with Gasteiger partial charge >= 0.3 is 0 Å². The monoisotopic (exact) mass is 249 g/mol. The number of hydrogen-bond acceptors (Lipinski definition) is 1. The minimum Gasteiger partial charge on any atom is -0.311 e. The van der Waals surface area contributed by atoms with Crippen molar-refractivity contribution >= 4 is 0 Å². The van der Waals surface area contributed by atoms with E-state index < -0.39 is 0 Å². The van der Waals surface area contributed by atoms with E-state index in [1.165, 1.54) is 12.5 Å². The van der Waals surface area contributed by atoms with Crippen LogP contribution in [0.15, 0.2) is 24.3 Å². The fraction of sp³-hybridized carbons (Fsp3) is 0.625. The second-order valence-corrected chi connectivity index (χ2v) is 6.71. The minimum absolute atomic E-state index is 0.107. The molecule has 1 nitrogen and oxygen atoms in total. The van der Waals surface area contributed by atoms with Gasteiger partial charge in [-0.1, -0.05) is 19.1 Å². The second kappa shape index (κ2) is 4.65. The lowest BCUT2D eigenvalue weighted by molar-refractivity contribution is 0.123. The maximum atomic E-state index is 13.4. The van der Waals surface area contributed by atoms with Gasteiger partial charge in [-0.15, -0.1) is 0 Å². The van der Waals surface area contributed by atoms with Gasteiger partial charge in [-0.05, 0) is 57.2 Å². The first-order valence-electron chi connectivity index (χ1n) is 6.85. The quantitative estimate of drug-likeness (QED) is 0.857. The van der Waals surface area contributed by atoms with Crippen LogP contribution in [0.4, 0.5) is 4.39 Å². The van der Waals surface area contributed by atoms with Crippen LogP contribution in [0.3, 0.4) is 0 Å². The Kier molecular flexibility index (Phi) is 3.50. The topological polar surface area (TPSA) is 12.0 Å². The van der Waals surface area contributed by atoms with E-state index in [0.29, 0.717) is 5.92 Å². The molecule has 0 aromatic heterocycles. The minimum atomic E-state index is -0.123. The number of hydrogen-bond donors (Lipinski definition) is 1. The molecule has 1 aromatic carbocycles. The zero-order valence-corrected chi connectivity index (χ0v) is 11.9. The number of rotatable bonds is 3. The average Bonchev–Trinajstić information content (AvgIpc) is 2.26. The lowest BCUT2D eigenvalue weighted by atomic mass is 9.57. The third-order valence-corrected chi connectivity index (χ3v) is 4.30. The molecular formula is C16H24FN. The lowest BCUT2D eigenvalue weighted by Gasteiger charge is -2.50. The predicted octanol–water partition coefficient (Wildman–Crippen LogP) is 3.88. The van der Waals surface area contributed by atoms with Crippen molar-refractivity contribution in [2.24, 2.45) is 5.92 Å². The molecule has 0 aliphatic heterocycles. The van der Waals surface area contributed by atoms with Crippen LogP contribution in [0.25, 0.3) is 0 Å². The first kappa shape index (κ1) is 13.5. The molecule has 2 unspecified atom stereocenters. The van der Waals surface area contributed by atoms with E-state index in [4.69, 9.17) is 0 Å². The highest BCUT2D eigenvalue weighted by Crippen LogP contribution is 2.48. The summed E-state index contributed by atoms with van der Waals surface area (Å²) in [6, 6.07) is 7.13. The molecule has 18 heavy (non-hydrogen) atoms. The third-order valence-electron chi connectivity index (χ3n) is 4.30. The zero-order chi connectivity index (χ0) is 13.4. The summed E-state index contributed by atoms with van der Waals surface area (Å²) >= 11 is 0. The van der Waals surface area contributed by atoms with Gasteiger partial charge < -0.3 is 5.32 Å². The van der Waals surface area contributed by atoms with E-state index in [0.717, 1.165) is 18.5 Å². The molecule has 1 aliphatic carbocycles. The molecule has 2 rings (SSSR count). The molecule has 2 atom stereocenters. The Morgan fingerprint density at radius 1 is 1.39 bits per heavy atom. The molecule has 1 aliphatic rings. The number of benzene rings is 1. The van der Waals surface area contributed by atoms with E-state index in [1.807, 2.05) is 6.07 Å². The normalized spacial score (nSPS) is 27.9. The van der Waals surface area contributed by atoms with E-state index >= 15 is 0 Å². The molecule has 0 heterocycles. The van der Waals surface area contributed by atoms with Gasteiger partial charge in [0.2, 0.25) is 0 Å². The summed E-state index contributed by atoms with van der Waals surface area (Å²) < 4.78 is 13.4. The molecule has 1 saturated carbocycles. The highest BCUT2D eigenvalue weighted by Gasteiger charge is 2.45. The first-order valence-corrected chi connectivity index (χ1v) is 6.85. The van der Waals surface area contributed by atoms with Crippen LogP contribution in [0.2, 0.25) is 0 Å². The summed E-state index contributed by atoms with van der Waals surface area (Å²) in [5.74, 6) is 0.496. The summed E-state index contributed by atoms with van der Waals surface area (Å²) in [5.41, 5.74) is 1.38. The van der Waals surface area contributed by atoms with Gasteiger partial charge in [0, 0.05) is 17.5 Å². The van der Waals surface area contributed by atoms with Crippen LogP contribution in [-0.2, 0) is 5.41 Å². The average molecular weight is 249 g/mol. The molecule has 1 aromatic rings. The Morgan fingerprint density at radius 2 is 2.11 bits per heavy atom. The molecule has 2 heteroatoms. The van der Waals surface area contributed by atoms with Crippen molar-refractivity contribution in [2.45, 2.75) is 51.5 Å². The second-order valence-electron chi connectivity index (χ2n) is 6.71. The van der Waals surface area contributed by atoms with Gasteiger partial charge in [-0.3, -0.25) is 0 Å². The zero-order valence-electron chi connectivity index (χ0n) is 11.9. The first-order chi connectivity index (χ1) is 8.33. The smallest absolute Gasteiger partial charge is 0.123 e. The summed E-state index contributed by atoms with van der Waals surface area (Å²) in [5, 5.41) is 3.59. The van der Waals surface area contributed by atoms with E-state index in [1.54, 1.807) is 6.07 Å². The van der Waals surface area contributed by atoms with Crippen LogP contribution >= 0.6 is 0 Å². The Bertz CT molecular complexity index is 421. The molecule has 0 saturated heterocycles. The Morgan fingerprint density at radius 3 is 2.56 bits per heavy atom. The number of nitrogens with one attached hydrogen (secondary N) is 1. The largest absolute Gasteiger partial charge is 0.311 e. The Balaban J connectivity index is 2.22. The van der Waals surface area contributed by atoms with Gasteiger partial charge in [-0.2, -0.15) is 0 Å². The maximum Gasteiger partial charge on any atom is 0.123 e. The molecule has 0 radical (unpaired) electrons. The maximum absolute atomic E-state index is 13.4. The van der Waals surface area contributed by atoms with E-state index in [2.05, 4.69) is 39.1 Å². The Labute approximate surface area is 110 Å². The summed E-state index contributed by atoms with van der Waals surface area (Å²) in [6.07, 6.45) is 2.39. The van der Waals surface area contributed by atoms with Gasteiger partial charge in [0.25, 0.3) is 0 Å². The lowest BCUT2D eigenvalue weighted by Crippen LogP contribution is -2.53. The Hall–Kier alpha value is -0.890. The van der Waals surface area contributed by atoms with Crippen LogP contribution in [-0.4, -0.2) is 12.1 Å². The van der Waals surface area contributed by atoms with Crippen LogP contribution in [0.5, 0.6) is 0 Å². The van der Waals surface area contributed by atoms with Crippen molar-refractivity contribution in [3.05, 3.63) is 35.6 Å². The molecule has 100 valence electrons. The van der Waals surface area contributed by atoms with Crippen molar-refractivity contribution in [3.8, 4) is 0 Å². The van der Waals surface area contributed by atoms with Crippen molar-refractivity contribution in [1.29, 1.82) is 0 Å². The summed E-state index contributed by atoms with van der Waals surface area (Å²) in [4.78, 5) is 0. The standard InChI is InChI=1S/C16H24FN/c1-12-8-9-16(12,11-18-15(2,3)4)13-6-5-7-14(17)10-13/h5-7,10,12,18H,8-9,11H2,1-4H3. The van der Waals surface area contributed by atoms with Crippen LogP contribution < -0.4 is 5.32 Å². The highest BCUT2D eigenvalue weighted by molar-refractivity contribution is 5.30. The van der Waals surface area contributed by atoms with Gasteiger partial charge in [0.15, 0.2) is 0 Å². The predicted molar refractivity (Wildman–Crippen MR) is 74.2 cm³/mol. The highest BCUT2D eigenvalue weighted by atomic mass is 19.1. The summed E-state index contributed by atoms with van der Waals surface area (Å²) in [7, 11) is 0. The van der Waals surface area contributed by atoms with Gasteiger partial charge in [0.1, 0.15) is 5.82 Å². The molecule has 0 bridgehead atoms. The van der Waals surface area contributed by atoms with Crippen molar-refractivity contribution in [2.75, 3.05) is 6.54 Å².